The minimum Gasteiger partial charge on any atom is -0.481 e. The van der Waals surface area contributed by atoms with Gasteiger partial charge in [0, 0.05) is 4.47 Å². The molecule has 1 atom stereocenters. The van der Waals surface area contributed by atoms with Crippen molar-refractivity contribution < 1.29 is 9.90 Å². The van der Waals surface area contributed by atoms with Crippen LogP contribution in [0.4, 0.5) is 0 Å². The number of piperidine rings is 1. The van der Waals surface area contributed by atoms with Gasteiger partial charge in [0.2, 0.25) is 0 Å². The standard InChI is InChI=1S/C20H22BrNO2/c1-14-5-7-15(8-6-14)19(17-3-2-4-18(21)13-17)22-11-9-16(10-12-22)20(23)24/h2-8,13,16,19H,9-12H2,1H3,(H,23,24). The third-order valence-electron chi connectivity index (χ3n) is 4.80. The fourth-order valence-electron chi connectivity index (χ4n) is 3.44. The molecule has 24 heavy (non-hydrogen) atoms. The Hall–Kier alpha value is -1.65. The molecule has 0 bridgehead atoms. The summed E-state index contributed by atoms with van der Waals surface area (Å²) in [6, 6.07) is 17.2. The van der Waals surface area contributed by atoms with Crippen LogP contribution in [0, 0.1) is 12.8 Å². The summed E-state index contributed by atoms with van der Waals surface area (Å²) < 4.78 is 1.07. The Morgan fingerprint density at radius 2 is 1.79 bits per heavy atom. The van der Waals surface area contributed by atoms with E-state index in [2.05, 4.69) is 70.2 Å². The van der Waals surface area contributed by atoms with Gasteiger partial charge in [-0.25, -0.2) is 0 Å². The molecule has 3 nitrogen and oxygen atoms in total. The molecule has 4 heteroatoms. The molecule has 126 valence electrons. The highest BCUT2D eigenvalue weighted by Crippen LogP contribution is 2.33. The van der Waals surface area contributed by atoms with Gasteiger partial charge in [-0.1, -0.05) is 57.9 Å². The van der Waals surface area contributed by atoms with E-state index < -0.39 is 5.97 Å². The second-order valence-corrected chi connectivity index (χ2v) is 7.43. The highest BCUT2D eigenvalue weighted by atomic mass is 79.9. The molecule has 0 amide bonds. The molecule has 0 aromatic heterocycles. The Labute approximate surface area is 151 Å². The smallest absolute Gasteiger partial charge is 0.306 e. The first-order valence-electron chi connectivity index (χ1n) is 8.33. The van der Waals surface area contributed by atoms with Crippen LogP contribution in [0.2, 0.25) is 0 Å². The van der Waals surface area contributed by atoms with Gasteiger partial charge in [-0.2, -0.15) is 0 Å². The maximum atomic E-state index is 11.2. The van der Waals surface area contributed by atoms with Crippen LogP contribution in [-0.4, -0.2) is 29.1 Å². The van der Waals surface area contributed by atoms with Crippen molar-refractivity contribution >= 4 is 21.9 Å². The lowest BCUT2D eigenvalue weighted by atomic mass is 9.91. The molecule has 2 aromatic carbocycles. The summed E-state index contributed by atoms with van der Waals surface area (Å²) in [6.07, 6.45) is 1.43. The van der Waals surface area contributed by atoms with Crippen LogP contribution in [0.1, 0.15) is 35.6 Å². The van der Waals surface area contributed by atoms with Crippen LogP contribution in [0.5, 0.6) is 0 Å². The third-order valence-corrected chi connectivity index (χ3v) is 5.29. The molecule has 1 saturated heterocycles. The number of hydrogen-bond donors (Lipinski definition) is 1. The van der Waals surface area contributed by atoms with Gasteiger partial charge < -0.3 is 5.11 Å². The first kappa shape index (κ1) is 17.2. The van der Waals surface area contributed by atoms with Crippen molar-refractivity contribution in [3.8, 4) is 0 Å². The second kappa shape index (κ2) is 7.49. The lowest BCUT2D eigenvalue weighted by molar-refractivity contribution is -0.143. The summed E-state index contributed by atoms with van der Waals surface area (Å²) >= 11 is 3.57. The number of carboxylic acids is 1. The number of carboxylic acid groups (broad SMARTS) is 1. The van der Waals surface area contributed by atoms with Crippen LogP contribution in [0.15, 0.2) is 53.0 Å². The van der Waals surface area contributed by atoms with Gasteiger partial charge in [-0.05, 0) is 56.1 Å². The molecule has 1 fully saturated rings. The van der Waals surface area contributed by atoms with Gasteiger partial charge in [-0.3, -0.25) is 9.69 Å². The monoisotopic (exact) mass is 387 g/mol. The van der Waals surface area contributed by atoms with Crippen LogP contribution in [0.3, 0.4) is 0 Å². The molecular weight excluding hydrogens is 366 g/mol. The lowest BCUT2D eigenvalue weighted by Crippen LogP contribution is -2.39. The fraction of sp³-hybridized carbons (Fsp3) is 0.350. The van der Waals surface area contributed by atoms with Crippen molar-refractivity contribution in [2.75, 3.05) is 13.1 Å². The maximum absolute atomic E-state index is 11.2. The van der Waals surface area contributed by atoms with E-state index in [-0.39, 0.29) is 12.0 Å². The molecule has 1 aliphatic heterocycles. The molecule has 0 saturated carbocycles. The summed E-state index contributed by atoms with van der Waals surface area (Å²) in [4.78, 5) is 13.6. The Bertz CT molecular complexity index is 706. The van der Waals surface area contributed by atoms with Gasteiger partial charge in [0.25, 0.3) is 0 Å². The van der Waals surface area contributed by atoms with Crippen molar-refractivity contribution in [1.29, 1.82) is 0 Å². The van der Waals surface area contributed by atoms with Crippen LogP contribution < -0.4 is 0 Å². The van der Waals surface area contributed by atoms with Crippen molar-refractivity contribution in [2.24, 2.45) is 5.92 Å². The van der Waals surface area contributed by atoms with E-state index in [1.807, 2.05) is 6.07 Å². The van der Waals surface area contributed by atoms with E-state index in [1.165, 1.54) is 16.7 Å². The average molecular weight is 388 g/mol. The first-order chi connectivity index (χ1) is 11.5. The fourth-order valence-corrected chi connectivity index (χ4v) is 3.86. The van der Waals surface area contributed by atoms with Crippen molar-refractivity contribution in [2.45, 2.75) is 25.8 Å². The van der Waals surface area contributed by atoms with Gasteiger partial charge in [0.1, 0.15) is 0 Å². The van der Waals surface area contributed by atoms with Crippen LogP contribution >= 0.6 is 15.9 Å². The van der Waals surface area contributed by atoms with Gasteiger partial charge in [0.05, 0.1) is 12.0 Å². The van der Waals surface area contributed by atoms with Crippen molar-refractivity contribution in [1.82, 2.24) is 4.90 Å². The number of nitrogens with zero attached hydrogens (tertiary/aromatic N) is 1. The lowest BCUT2D eigenvalue weighted by Gasteiger charge is -2.37. The first-order valence-corrected chi connectivity index (χ1v) is 9.13. The summed E-state index contributed by atoms with van der Waals surface area (Å²) in [5.41, 5.74) is 3.74. The number of aliphatic carboxylic acids is 1. The normalized spacial score (nSPS) is 17.6. The van der Waals surface area contributed by atoms with Crippen LogP contribution in [0.25, 0.3) is 0 Å². The average Bonchev–Trinajstić information content (AvgIpc) is 2.57. The second-order valence-electron chi connectivity index (χ2n) is 6.52. The van der Waals surface area contributed by atoms with Gasteiger partial charge >= 0.3 is 5.97 Å². The predicted octanol–water partition coefficient (Wildman–Crippen LogP) is 4.64. The number of benzene rings is 2. The molecule has 0 aliphatic carbocycles. The number of hydrogen-bond acceptors (Lipinski definition) is 2. The zero-order valence-electron chi connectivity index (χ0n) is 13.8. The van der Waals surface area contributed by atoms with Gasteiger partial charge in [-0.15, -0.1) is 0 Å². The minimum atomic E-state index is -0.663. The predicted molar refractivity (Wildman–Crippen MR) is 99.1 cm³/mol. The van der Waals surface area contributed by atoms with E-state index in [4.69, 9.17) is 0 Å². The Morgan fingerprint density at radius 3 is 2.38 bits per heavy atom. The van der Waals surface area contributed by atoms with E-state index in [1.54, 1.807) is 0 Å². The van der Waals surface area contributed by atoms with Crippen LogP contribution in [-0.2, 0) is 4.79 Å². The number of likely N-dealkylation sites (tertiary alicyclic amines) is 1. The van der Waals surface area contributed by atoms with E-state index in [0.717, 1.165) is 17.6 Å². The molecule has 1 unspecified atom stereocenters. The summed E-state index contributed by atoms with van der Waals surface area (Å²) in [5, 5.41) is 9.24. The number of rotatable bonds is 4. The van der Waals surface area contributed by atoms with Crippen molar-refractivity contribution in [3.63, 3.8) is 0 Å². The SMILES string of the molecule is Cc1ccc(C(c2cccc(Br)c2)N2CCC(C(=O)O)CC2)cc1. The maximum Gasteiger partial charge on any atom is 0.306 e. The Balaban J connectivity index is 1.91. The Kier molecular flexibility index (Phi) is 5.36. The highest BCUT2D eigenvalue weighted by molar-refractivity contribution is 9.10. The van der Waals surface area contributed by atoms with E-state index >= 15 is 0 Å². The minimum absolute atomic E-state index is 0.165. The van der Waals surface area contributed by atoms with Gasteiger partial charge in [0.15, 0.2) is 0 Å². The number of aryl methyl sites for hydroxylation is 1. The third kappa shape index (κ3) is 3.87. The molecular formula is C20H22BrNO2. The largest absolute Gasteiger partial charge is 0.481 e. The molecule has 1 aliphatic rings. The number of halogens is 1. The summed E-state index contributed by atoms with van der Waals surface area (Å²) in [6.45, 7) is 3.71. The summed E-state index contributed by atoms with van der Waals surface area (Å²) in [5.74, 6) is -0.869. The highest BCUT2D eigenvalue weighted by Gasteiger charge is 2.30. The van der Waals surface area contributed by atoms with E-state index in [0.29, 0.717) is 12.8 Å². The zero-order chi connectivity index (χ0) is 17.1. The molecule has 0 radical (unpaired) electrons. The topological polar surface area (TPSA) is 40.5 Å². The van der Waals surface area contributed by atoms with Crippen molar-refractivity contribution in [3.05, 3.63) is 69.7 Å². The molecule has 1 heterocycles. The molecule has 2 aromatic rings. The molecule has 0 spiro atoms. The Morgan fingerprint density at radius 1 is 1.12 bits per heavy atom. The number of carbonyl (C=O) groups is 1. The quantitative estimate of drug-likeness (QED) is 0.830. The van der Waals surface area contributed by atoms with E-state index in [9.17, 15) is 9.90 Å². The summed E-state index contributed by atoms with van der Waals surface area (Å²) in [7, 11) is 0. The zero-order valence-corrected chi connectivity index (χ0v) is 15.4. The molecule has 1 N–H and O–H groups in total. The molecule has 3 rings (SSSR count).